The lowest BCUT2D eigenvalue weighted by Gasteiger charge is -2.33. The van der Waals surface area contributed by atoms with E-state index < -0.39 is 47.5 Å². The van der Waals surface area contributed by atoms with Crippen molar-refractivity contribution in [2.24, 2.45) is 5.73 Å². The van der Waals surface area contributed by atoms with Gasteiger partial charge < -0.3 is 25.3 Å². The summed E-state index contributed by atoms with van der Waals surface area (Å²) in [7, 11) is 2.30. The van der Waals surface area contributed by atoms with E-state index in [0.717, 1.165) is 20.1 Å². The average molecular weight is 485 g/mol. The predicted molar refractivity (Wildman–Crippen MR) is 112 cm³/mol. The number of carbonyl (C=O) groups is 2. The number of alkyl halides is 3. The van der Waals surface area contributed by atoms with Crippen molar-refractivity contribution in [2.45, 2.75) is 43.8 Å². The molecular formula is C22H23F4N3O5. The van der Waals surface area contributed by atoms with Crippen LogP contribution in [0.5, 0.6) is 5.75 Å². The molecule has 0 spiro atoms. The van der Waals surface area contributed by atoms with E-state index in [0.29, 0.717) is 0 Å². The molecule has 2 amide bonds. The lowest BCUT2D eigenvalue weighted by atomic mass is 9.82. The Hall–Kier alpha value is -3.25. The van der Waals surface area contributed by atoms with E-state index in [-0.39, 0.29) is 28.3 Å². The summed E-state index contributed by atoms with van der Waals surface area (Å²) in [6.45, 7) is 2.18. The van der Waals surface area contributed by atoms with Crippen LogP contribution in [0.2, 0.25) is 0 Å². The third-order valence-corrected chi connectivity index (χ3v) is 5.86. The second-order valence-electron chi connectivity index (χ2n) is 7.90. The fourth-order valence-electron chi connectivity index (χ4n) is 4.13. The number of nitrogens with two attached hydrogens (primary N) is 1. The fraction of sp³-hybridized carbons (Fsp3) is 0.409. The number of amides is 2. The number of ether oxygens (including phenoxy) is 3. The van der Waals surface area contributed by atoms with Gasteiger partial charge in [-0.2, -0.15) is 13.2 Å². The van der Waals surface area contributed by atoms with Crippen molar-refractivity contribution < 1.29 is 41.4 Å². The minimum absolute atomic E-state index is 0.0280. The van der Waals surface area contributed by atoms with Crippen molar-refractivity contribution in [3.05, 3.63) is 53.1 Å². The van der Waals surface area contributed by atoms with Crippen LogP contribution in [0.15, 0.2) is 30.5 Å². The maximum Gasteiger partial charge on any atom is 0.419 e. The average Bonchev–Trinajstić information content (AvgIpc) is 3.09. The number of hydrogen-bond donors (Lipinski definition) is 2. The maximum atomic E-state index is 14.2. The van der Waals surface area contributed by atoms with E-state index >= 15 is 0 Å². The number of hydrogen-bond acceptors (Lipinski definition) is 6. The van der Waals surface area contributed by atoms with Gasteiger partial charge in [0.1, 0.15) is 29.5 Å². The molecule has 0 unspecified atom stereocenters. The van der Waals surface area contributed by atoms with Crippen molar-refractivity contribution in [2.75, 3.05) is 19.5 Å². The molecule has 184 valence electrons. The van der Waals surface area contributed by atoms with Crippen LogP contribution in [-0.2, 0) is 14.3 Å². The van der Waals surface area contributed by atoms with Gasteiger partial charge in [0.2, 0.25) is 0 Å². The molecule has 34 heavy (non-hydrogen) atoms. The summed E-state index contributed by atoms with van der Waals surface area (Å²) >= 11 is 0. The zero-order chi connectivity index (χ0) is 25.4. The summed E-state index contributed by atoms with van der Waals surface area (Å²) in [5.74, 6) is -3.81. The van der Waals surface area contributed by atoms with Gasteiger partial charge in [-0.3, -0.25) is 14.6 Å². The Morgan fingerprint density at radius 3 is 2.47 bits per heavy atom. The Morgan fingerprint density at radius 1 is 1.24 bits per heavy atom. The first-order valence-electron chi connectivity index (χ1n) is 10.0. The van der Waals surface area contributed by atoms with E-state index in [2.05, 4.69) is 10.3 Å². The van der Waals surface area contributed by atoms with Crippen molar-refractivity contribution in [1.82, 2.24) is 4.98 Å². The number of pyridine rings is 1. The van der Waals surface area contributed by atoms with Crippen LogP contribution >= 0.6 is 0 Å². The number of methoxy groups -OCH3 is 2. The number of rotatable bonds is 6. The standard InChI is InChI=1S/C22H23F4N3O5/c1-10-13(23)6-5-12(16(10)32-3)15-17(34-21(2,18(15)33-4)22(24,25)26)20(31)29-11-7-8-28-14(9-11)19(27)30/h5-9,15,17-18H,1-4H3,(H2,27,30)(H,28,29,31)/t15-,17+,18-,21+/m0/s1. The highest BCUT2D eigenvalue weighted by Gasteiger charge is 2.68. The fourth-order valence-corrected chi connectivity index (χ4v) is 4.13. The zero-order valence-corrected chi connectivity index (χ0v) is 18.7. The Morgan fingerprint density at radius 2 is 1.91 bits per heavy atom. The number of primary amides is 1. The minimum Gasteiger partial charge on any atom is -0.496 e. The first kappa shape index (κ1) is 25.4. The first-order chi connectivity index (χ1) is 15.9. The number of nitrogens with zero attached hydrogens (tertiary/aromatic N) is 1. The molecule has 1 fully saturated rings. The lowest BCUT2D eigenvalue weighted by molar-refractivity contribution is -0.283. The second-order valence-corrected chi connectivity index (χ2v) is 7.90. The van der Waals surface area contributed by atoms with Crippen molar-refractivity contribution in [3.8, 4) is 5.75 Å². The molecule has 0 bridgehead atoms. The molecule has 4 atom stereocenters. The molecule has 1 aliphatic rings. The molecular weight excluding hydrogens is 462 g/mol. The zero-order valence-electron chi connectivity index (χ0n) is 18.7. The molecule has 2 heterocycles. The minimum atomic E-state index is -4.92. The highest BCUT2D eigenvalue weighted by Crippen LogP contribution is 2.52. The van der Waals surface area contributed by atoms with Gasteiger partial charge in [0.05, 0.1) is 13.0 Å². The van der Waals surface area contributed by atoms with Gasteiger partial charge in [0, 0.05) is 30.1 Å². The molecule has 1 saturated heterocycles. The number of nitrogens with one attached hydrogen (secondary N) is 1. The lowest BCUT2D eigenvalue weighted by Crippen LogP contribution is -2.51. The quantitative estimate of drug-likeness (QED) is 0.608. The molecule has 0 saturated carbocycles. The number of aromatic nitrogens is 1. The van der Waals surface area contributed by atoms with Gasteiger partial charge in [-0.05, 0) is 32.0 Å². The molecule has 1 aromatic carbocycles. The summed E-state index contributed by atoms with van der Waals surface area (Å²) in [5, 5.41) is 2.43. The summed E-state index contributed by atoms with van der Waals surface area (Å²) in [5.41, 5.74) is 2.37. The number of halogens is 4. The van der Waals surface area contributed by atoms with Crippen LogP contribution in [0.3, 0.4) is 0 Å². The SMILES string of the molecule is COc1c([C@H]2[C@H](C(=O)Nc3ccnc(C(N)=O)c3)O[C@@](C)(C(F)(F)F)[C@H]2OC)ccc(F)c1C. The van der Waals surface area contributed by atoms with Crippen LogP contribution < -0.4 is 15.8 Å². The predicted octanol–water partition coefficient (Wildman–Crippen LogP) is 3.09. The largest absolute Gasteiger partial charge is 0.496 e. The smallest absolute Gasteiger partial charge is 0.419 e. The van der Waals surface area contributed by atoms with E-state index in [1.165, 1.54) is 38.4 Å². The van der Waals surface area contributed by atoms with Crippen LogP contribution in [0.25, 0.3) is 0 Å². The van der Waals surface area contributed by atoms with Crippen LogP contribution in [0, 0.1) is 12.7 Å². The van der Waals surface area contributed by atoms with Gasteiger partial charge in [-0.1, -0.05) is 6.07 Å². The number of benzene rings is 1. The van der Waals surface area contributed by atoms with Gasteiger partial charge in [0.25, 0.3) is 11.8 Å². The van der Waals surface area contributed by atoms with E-state index in [4.69, 9.17) is 19.9 Å². The Labute approximate surface area is 192 Å². The number of carbonyl (C=O) groups excluding carboxylic acids is 2. The van der Waals surface area contributed by atoms with Gasteiger partial charge in [0.15, 0.2) is 5.60 Å². The van der Waals surface area contributed by atoms with E-state index in [1.807, 2.05) is 0 Å². The highest BCUT2D eigenvalue weighted by atomic mass is 19.4. The van der Waals surface area contributed by atoms with Crippen LogP contribution in [0.4, 0.5) is 23.2 Å². The topological polar surface area (TPSA) is 113 Å². The molecule has 8 nitrogen and oxygen atoms in total. The van der Waals surface area contributed by atoms with Gasteiger partial charge >= 0.3 is 6.18 Å². The van der Waals surface area contributed by atoms with Crippen LogP contribution in [-0.4, -0.2) is 55.0 Å². The summed E-state index contributed by atoms with van der Waals surface area (Å²) in [6, 6.07) is 4.80. The Kier molecular flexibility index (Phi) is 6.85. The third-order valence-electron chi connectivity index (χ3n) is 5.86. The Balaban J connectivity index is 2.11. The normalized spacial score (nSPS) is 24.6. The molecule has 3 N–H and O–H groups in total. The monoisotopic (exact) mass is 485 g/mol. The van der Waals surface area contributed by atoms with E-state index in [9.17, 15) is 27.2 Å². The van der Waals surface area contributed by atoms with Gasteiger partial charge in [-0.15, -0.1) is 0 Å². The summed E-state index contributed by atoms with van der Waals surface area (Å²) < 4.78 is 72.4. The second kappa shape index (κ2) is 9.18. The van der Waals surface area contributed by atoms with Crippen LogP contribution in [0.1, 0.15) is 34.5 Å². The highest BCUT2D eigenvalue weighted by molar-refractivity contribution is 5.97. The molecule has 0 aliphatic carbocycles. The third kappa shape index (κ3) is 4.30. The Bertz CT molecular complexity index is 1110. The first-order valence-corrected chi connectivity index (χ1v) is 10.0. The van der Waals surface area contributed by atoms with Crippen molar-refractivity contribution in [3.63, 3.8) is 0 Å². The van der Waals surface area contributed by atoms with E-state index in [1.54, 1.807) is 0 Å². The molecule has 2 aromatic rings. The number of anilines is 1. The molecule has 3 rings (SSSR count). The summed E-state index contributed by atoms with van der Waals surface area (Å²) in [6.07, 6.45) is -7.12. The molecule has 1 aromatic heterocycles. The summed E-state index contributed by atoms with van der Waals surface area (Å²) in [4.78, 5) is 28.3. The molecule has 1 aliphatic heterocycles. The van der Waals surface area contributed by atoms with Crippen molar-refractivity contribution in [1.29, 1.82) is 0 Å². The maximum absolute atomic E-state index is 14.2. The van der Waals surface area contributed by atoms with Gasteiger partial charge in [-0.25, -0.2) is 4.39 Å². The molecule has 12 heteroatoms. The van der Waals surface area contributed by atoms with Crippen molar-refractivity contribution >= 4 is 17.5 Å². The molecule has 0 radical (unpaired) electrons.